The van der Waals surface area contributed by atoms with E-state index in [-0.39, 0.29) is 17.5 Å². The third-order valence-corrected chi connectivity index (χ3v) is 5.41. The van der Waals surface area contributed by atoms with Gasteiger partial charge in [0, 0.05) is 12.1 Å². The number of aromatic nitrogens is 1. The van der Waals surface area contributed by atoms with Crippen molar-refractivity contribution in [1.29, 1.82) is 0 Å². The summed E-state index contributed by atoms with van der Waals surface area (Å²) in [5.41, 5.74) is 1.09. The number of amides is 1. The fourth-order valence-corrected chi connectivity index (χ4v) is 4.21. The Hall–Kier alpha value is -2.34. The Labute approximate surface area is 141 Å². The summed E-state index contributed by atoms with van der Waals surface area (Å²) in [6.45, 7) is 0.596. The van der Waals surface area contributed by atoms with E-state index in [0.29, 0.717) is 6.54 Å². The zero-order valence-electron chi connectivity index (χ0n) is 12.7. The largest absolute Gasteiger partial charge is 0.329 e. The first-order chi connectivity index (χ1) is 11.6. The van der Waals surface area contributed by atoms with Crippen molar-refractivity contribution in [2.24, 2.45) is 0 Å². The summed E-state index contributed by atoms with van der Waals surface area (Å²) in [4.78, 5) is 19.1. The third-order valence-electron chi connectivity index (χ3n) is 4.28. The van der Waals surface area contributed by atoms with Crippen LogP contribution in [0.15, 0.2) is 42.5 Å². The molecule has 1 aliphatic heterocycles. The fourth-order valence-electron chi connectivity index (χ4n) is 3.09. The van der Waals surface area contributed by atoms with Crippen LogP contribution < -0.4 is 0 Å². The molecule has 1 aliphatic rings. The molecule has 6 heteroatoms. The van der Waals surface area contributed by atoms with Gasteiger partial charge in [-0.1, -0.05) is 12.1 Å². The Bertz CT molecular complexity index is 891. The molecule has 1 aromatic heterocycles. The summed E-state index contributed by atoms with van der Waals surface area (Å²) in [7, 11) is 0. The zero-order chi connectivity index (χ0) is 16.7. The van der Waals surface area contributed by atoms with Gasteiger partial charge in [0.2, 0.25) is 0 Å². The minimum absolute atomic E-state index is 0.108. The molecular weight excluding hydrogens is 330 g/mol. The van der Waals surface area contributed by atoms with Crippen molar-refractivity contribution in [2.45, 2.75) is 18.9 Å². The quantitative estimate of drug-likeness (QED) is 0.683. The second kappa shape index (κ2) is 5.94. The summed E-state index contributed by atoms with van der Waals surface area (Å²) in [5.74, 6) is -2.23. The predicted octanol–water partition coefficient (Wildman–Crippen LogP) is 4.55. The molecule has 1 saturated heterocycles. The van der Waals surface area contributed by atoms with E-state index in [4.69, 9.17) is 0 Å². The van der Waals surface area contributed by atoms with Crippen LogP contribution in [0.2, 0.25) is 0 Å². The van der Waals surface area contributed by atoms with Gasteiger partial charge in [-0.3, -0.25) is 4.79 Å². The van der Waals surface area contributed by atoms with Crippen molar-refractivity contribution in [3.05, 3.63) is 64.7 Å². The van der Waals surface area contributed by atoms with Crippen molar-refractivity contribution < 1.29 is 13.6 Å². The maximum atomic E-state index is 13.4. The number of carbonyl (C=O) groups is 1. The molecule has 3 aromatic rings. The molecule has 0 aliphatic carbocycles. The van der Waals surface area contributed by atoms with Gasteiger partial charge >= 0.3 is 0 Å². The predicted molar refractivity (Wildman–Crippen MR) is 89.0 cm³/mol. The Balaban J connectivity index is 1.66. The number of hydrogen-bond acceptors (Lipinski definition) is 3. The highest BCUT2D eigenvalue weighted by atomic mass is 32.1. The van der Waals surface area contributed by atoms with Crippen LogP contribution in [0, 0.1) is 11.6 Å². The molecule has 2 aromatic carbocycles. The molecule has 0 N–H and O–H groups in total. The number of fused-ring (bicyclic) bond motifs is 1. The lowest BCUT2D eigenvalue weighted by Crippen LogP contribution is -2.30. The first-order valence-electron chi connectivity index (χ1n) is 7.75. The maximum absolute atomic E-state index is 13.4. The van der Waals surface area contributed by atoms with Gasteiger partial charge in [-0.05, 0) is 43.2 Å². The summed E-state index contributed by atoms with van der Waals surface area (Å²) in [5, 5.41) is 0.893. The third kappa shape index (κ3) is 2.57. The average molecular weight is 344 g/mol. The normalized spacial score (nSPS) is 17.6. The molecule has 1 amide bonds. The van der Waals surface area contributed by atoms with E-state index in [9.17, 15) is 13.6 Å². The van der Waals surface area contributed by atoms with E-state index in [1.165, 1.54) is 6.07 Å². The molecule has 3 nitrogen and oxygen atoms in total. The molecule has 0 bridgehead atoms. The van der Waals surface area contributed by atoms with Gasteiger partial charge in [0.1, 0.15) is 5.01 Å². The highest BCUT2D eigenvalue weighted by molar-refractivity contribution is 7.18. The number of carbonyl (C=O) groups excluding carboxylic acids is 1. The number of halogens is 2. The molecule has 4 rings (SSSR count). The molecule has 0 radical (unpaired) electrons. The maximum Gasteiger partial charge on any atom is 0.254 e. The van der Waals surface area contributed by atoms with Crippen molar-refractivity contribution in [3.8, 4) is 0 Å². The Kier molecular flexibility index (Phi) is 3.76. The van der Waals surface area contributed by atoms with E-state index in [1.54, 1.807) is 16.2 Å². The van der Waals surface area contributed by atoms with Gasteiger partial charge in [0.25, 0.3) is 5.91 Å². The van der Waals surface area contributed by atoms with Crippen LogP contribution in [-0.2, 0) is 0 Å². The highest BCUT2D eigenvalue weighted by Crippen LogP contribution is 2.37. The lowest BCUT2D eigenvalue weighted by molar-refractivity contribution is 0.0735. The van der Waals surface area contributed by atoms with Crippen molar-refractivity contribution in [1.82, 2.24) is 9.88 Å². The van der Waals surface area contributed by atoms with E-state index < -0.39 is 11.6 Å². The highest BCUT2D eigenvalue weighted by Gasteiger charge is 2.33. The van der Waals surface area contributed by atoms with Crippen LogP contribution in [0.1, 0.15) is 34.2 Å². The Morgan fingerprint density at radius 1 is 1.17 bits per heavy atom. The molecule has 1 atom stereocenters. The Morgan fingerprint density at radius 2 is 2.00 bits per heavy atom. The lowest BCUT2D eigenvalue weighted by Gasteiger charge is -2.23. The molecule has 1 fully saturated rings. The summed E-state index contributed by atoms with van der Waals surface area (Å²) < 4.78 is 27.6. The number of nitrogens with zero attached hydrogens (tertiary/aromatic N) is 2. The molecule has 0 unspecified atom stereocenters. The van der Waals surface area contributed by atoms with E-state index in [0.717, 1.165) is 40.2 Å². The van der Waals surface area contributed by atoms with E-state index in [2.05, 4.69) is 4.98 Å². The minimum atomic E-state index is -1.00. The van der Waals surface area contributed by atoms with E-state index >= 15 is 0 Å². The summed E-state index contributed by atoms with van der Waals surface area (Å²) in [6.07, 6.45) is 1.70. The zero-order valence-corrected chi connectivity index (χ0v) is 13.5. The smallest absolute Gasteiger partial charge is 0.254 e. The van der Waals surface area contributed by atoms with Crippen LogP contribution in [0.4, 0.5) is 8.78 Å². The van der Waals surface area contributed by atoms with Crippen LogP contribution in [0.3, 0.4) is 0 Å². The molecule has 122 valence electrons. The number of rotatable bonds is 2. The monoisotopic (exact) mass is 344 g/mol. The average Bonchev–Trinajstić information content (AvgIpc) is 3.22. The van der Waals surface area contributed by atoms with Crippen molar-refractivity contribution in [2.75, 3.05) is 6.54 Å². The molecule has 0 spiro atoms. The molecular formula is C18H14F2N2OS. The number of likely N-dealkylation sites (tertiary alicyclic amines) is 1. The topological polar surface area (TPSA) is 33.2 Å². The SMILES string of the molecule is O=C(c1ccc(F)c(F)c1)N1CCC[C@@H]1c1nc2ccccc2s1. The second-order valence-electron chi connectivity index (χ2n) is 5.81. The van der Waals surface area contributed by atoms with Crippen LogP contribution >= 0.6 is 11.3 Å². The Morgan fingerprint density at radius 3 is 2.79 bits per heavy atom. The molecule has 24 heavy (non-hydrogen) atoms. The minimum Gasteiger partial charge on any atom is -0.329 e. The van der Waals surface area contributed by atoms with Crippen LogP contribution in [0.5, 0.6) is 0 Å². The fraction of sp³-hybridized carbons (Fsp3) is 0.222. The number of thiazole rings is 1. The van der Waals surface area contributed by atoms with Gasteiger partial charge in [0.15, 0.2) is 11.6 Å². The first kappa shape index (κ1) is 15.2. The molecule has 0 saturated carbocycles. The van der Waals surface area contributed by atoms with E-state index in [1.807, 2.05) is 24.3 Å². The van der Waals surface area contributed by atoms with Crippen molar-refractivity contribution >= 4 is 27.5 Å². The number of para-hydroxylation sites is 1. The van der Waals surface area contributed by atoms with Gasteiger partial charge in [-0.25, -0.2) is 13.8 Å². The van der Waals surface area contributed by atoms with Gasteiger partial charge in [0.05, 0.1) is 16.3 Å². The number of benzene rings is 2. The first-order valence-corrected chi connectivity index (χ1v) is 8.56. The second-order valence-corrected chi connectivity index (χ2v) is 6.87. The number of hydrogen-bond donors (Lipinski definition) is 0. The summed E-state index contributed by atoms with van der Waals surface area (Å²) in [6, 6.07) is 11.0. The van der Waals surface area contributed by atoms with Gasteiger partial charge in [-0.2, -0.15) is 0 Å². The van der Waals surface area contributed by atoms with Crippen LogP contribution in [-0.4, -0.2) is 22.3 Å². The van der Waals surface area contributed by atoms with Crippen molar-refractivity contribution in [3.63, 3.8) is 0 Å². The summed E-state index contributed by atoms with van der Waals surface area (Å²) >= 11 is 1.58. The standard InChI is InChI=1S/C18H14F2N2OS/c19-12-8-7-11(10-13(12)20)18(23)22-9-3-5-15(22)17-21-14-4-1-2-6-16(14)24-17/h1-2,4,6-8,10,15H,3,5,9H2/t15-/m1/s1. The van der Waals surface area contributed by atoms with Crippen LogP contribution in [0.25, 0.3) is 10.2 Å². The molecule has 2 heterocycles. The van der Waals surface area contributed by atoms with Gasteiger partial charge < -0.3 is 4.90 Å². The lowest BCUT2D eigenvalue weighted by atomic mass is 10.1. The van der Waals surface area contributed by atoms with Gasteiger partial charge in [-0.15, -0.1) is 11.3 Å².